The fourth-order valence-electron chi connectivity index (χ4n) is 3.61. The fraction of sp³-hybridized carbons (Fsp3) is 0.722. The van der Waals surface area contributed by atoms with Gasteiger partial charge in [-0.05, 0) is 19.4 Å². The zero-order valence-corrected chi connectivity index (χ0v) is 15.0. The van der Waals surface area contributed by atoms with E-state index in [-0.39, 0.29) is 11.9 Å². The van der Waals surface area contributed by atoms with E-state index in [0.717, 1.165) is 64.2 Å². The Labute approximate surface area is 149 Å². The summed E-state index contributed by atoms with van der Waals surface area (Å²) in [5.41, 5.74) is 0. The minimum Gasteiger partial charge on any atom is -0.339 e. The van der Waals surface area contributed by atoms with Gasteiger partial charge in [-0.1, -0.05) is 24.4 Å². The molecule has 0 N–H and O–H groups in total. The second-order valence-corrected chi connectivity index (χ2v) is 6.75. The molecule has 2 aliphatic heterocycles. The number of terminal acetylenes is 1. The van der Waals surface area contributed by atoms with Gasteiger partial charge in [0.2, 0.25) is 11.8 Å². The maximum Gasteiger partial charge on any atom is 0.240 e. The molecule has 7 heteroatoms. The Bertz CT molecular complexity index is 615. The van der Waals surface area contributed by atoms with Crippen LogP contribution in [0.3, 0.4) is 0 Å². The number of hydrogen-bond acceptors (Lipinski definition) is 6. The number of aromatic nitrogens is 2. The number of likely N-dealkylation sites (tertiary alicyclic amines) is 1. The van der Waals surface area contributed by atoms with E-state index in [1.165, 1.54) is 0 Å². The fourth-order valence-corrected chi connectivity index (χ4v) is 3.61. The molecular formula is C18H27N5O2. The molecule has 2 fully saturated rings. The lowest BCUT2D eigenvalue weighted by Gasteiger charge is -2.40. The van der Waals surface area contributed by atoms with Gasteiger partial charge in [0.1, 0.15) is 0 Å². The molecule has 0 unspecified atom stereocenters. The van der Waals surface area contributed by atoms with Gasteiger partial charge >= 0.3 is 0 Å². The van der Waals surface area contributed by atoms with Crippen molar-refractivity contribution >= 4 is 5.91 Å². The summed E-state index contributed by atoms with van der Waals surface area (Å²) in [6.45, 7) is 7.34. The molecule has 3 heterocycles. The van der Waals surface area contributed by atoms with Gasteiger partial charge in [0.25, 0.3) is 0 Å². The molecule has 25 heavy (non-hydrogen) atoms. The zero-order chi connectivity index (χ0) is 17.6. The van der Waals surface area contributed by atoms with E-state index in [1.807, 2.05) is 11.8 Å². The molecule has 0 bridgehead atoms. The zero-order valence-electron chi connectivity index (χ0n) is 15.0. The van der Waals surface area contributed by atoms with Gasteiger partial charge < -0.3 is 9.42 Å². The van der Waals surface area contributed by atoms with Crippen LogP contribution in [0.2, 0.25) is 0 Å². The van der Waals surface area contributed by atoms with E-state index in [4.69, 9.17) is 10.9 Å². The molecule has 7 nitrogen and oxygen atoms in total. The second kappa shape index (κ2) is 8.45. The van der Waals surface area contributed by atoms with Gasteiger partial charge in [0, 0.05) is 32.6 Å². The highest BCUT2D eigenvalue weighted by Crippen LogP contribution is 2.19. The molecule has 1 aromatic rings. The predicted octanol–water partition coefficient (Wildman–Crippen LogP) is 0.764. The molecule has 1 amide bonds. The highest BCUT2D eigenvalue weighted by molar-refractivity contribution is 5.82. The topological polar surface area (TPSA) is 65.7 Å². The summed E-state index contributed by atoms with van der Waals surface area (Å²) in [6.07, 6.45) is 9.37. The molecule has 3 rings (SSSR count). The lowest BCUT2D eigenvalue weighted by molar-refractivity contribution is -0.139. The van der Waals surface area contributed by atoms with Crippen molar-refractivity contribution in [3.63, 3.8) is 0 Å². The standard InChI is InChI=1S/C18H27N5O2/c1-3-8-22-9-6-5-7-15(22)18(24)23-12-10-21(11-13-23)14-16-19-17(4-2)25-20-16/h1,15H,4-14H2,2H3/t15-/m1/s1. The molecule has 0 radical (unpaired) electrons. The average molecular weight is 345 g/mol. The third kappa shape index (κ3) is 4.39. The largest absolute Gasteiger partial charge is 0.339 e. The van der Waals surface area contributed by atoms with Crippen LogP contribution in [0.25, 0.3) is 0 Å². The third-order valence-electron chi connectivity index (χ3n) is 5.05. The Kier molecular flexibility index (Phi) is 6.05. The molecule has 136 valence electrons. The number of aryl methyl sites for hydroxylation is 1. The molecule has 0 aliphatic carbocycles. The van der Waals surface area contributed by atoms with E-state index in [0.29, 0.717) is 19.0 Å². The van der Waals surface area contributed by atoms with Crippen LogP contribution in [0, 0.1) is 12.3 Å². The Morgan fingerprint density at radius 2 is 2.08 bits per heavy atom. The molecule has 1 aromatic heterocycles. The van der Waals surface area contributed by atoms with Crippen molar-refractivity contribution in [1.29, 1.82) is 0 Å². The van der Waals surface area contributed by atoms with Crippen molar-refractivity contribution in [3.05, 3.63) is 11.7 Å². The second-order valence-electron chi connectivity index (χ2n) is 6.75. The molecule has 0 saturated carbocycles. The third-order valence-corrected chi connectivity index (χ3v) is 5.05. The summed E-state index contributed by atoms with van der Waals surface area (Å²) >= 11 is 0. The number of piperidine rings is 1. The number of rotatable bonds is 5. The minimum absolute atomic E-state index is 0.0410. The monoisotopic (exact) mass is 345 g/mol. The van der Waals surface area contributed by atoms with Gasteiger partial charge in [-0.3, -0.25) is 14.6 Å². The highest BCUT2D eigenvalue weighted by atomic mass is 16.5. The van der Waals surface area contributed by atoms with E-state index >= 15 is 0 Å². The summed E-state index contributed by atoms with van der Waals surface area (Å²) in [7, 11) is 0. The highest BCUT2D eigenvalue weighted by Gasteiger charge is 2.33. The average Bonchev–Trinajstić information content (AvgIpc) is 3.10. The molecule has 2 saturated heterocycles. The molecule has 1 atom stereocenters. The summed E-state index contributed by atoms with van der Waals surface area (Å²) < 4.78 is 5.15. The van der Waals surface area contributed by atoms with Gasteiger partial charge in [-0.2, -0.15) is 4.98 Å². The van der Waals surface area contributed by atoms with E-state index in [1.54, 1.807) is 0 Å². The van der Waals surface area contributed by atoms with Crippen LogP contribution in [0.4, 0.5) is 0 Å². The van der Waals surface area contributed by atoms with Crippen LogP contribution < -0.4 is 0 Å². The van der Waals surface area contributed by atoms with Crippen LogP contribution in [0.1, 0.15) is 37.9 Å². The van der Waals surface area contributed by atoms with Crippen LogP contribution in [0.15, 0.2) is 4.52 Å². The lowest BCUT2D eigenvalue weighted by Crippen LogP contribution is -2.55. The first kappa shape index (κ1) is 17.9. The van der Waals surface area contributed by atoms with Crippen LogP contribution in [0.5, 0.6) is 0 Å². The van der Waals surface area contributed by atoms with Crippen molar-refractivity contribution in [1.82, 2.24) is 24.8 Å². The van der Waals surface area contributed by atoms with Gasteiger partial charge in [0.15, 0.2) is 5.82 Å². The number of amides is 1. The summed E-state index contributed by atoms with van der Waals surface area (Å²) in [4.78, 5) is 23.7. The maximum atomic E-state index is 12.9. The van der Waals surface area contributed by atoms with Crippen molar-refractivity contribution in [2.75, 3.05) is 39.3 Å². The molecular weight excluding hydrogens is 318 g/mol. The van der Waals surface area contributed by atoms with Crippen molar-refractivity contribution in [2.24, 2.45) is 0 Å². The van der Waals surface area contributed by atoms with Crippen molar-refractivity contribution < 1.29 is 9.32 Å². The first-order valence-corrected chi connectivity index (χ1v) is 9.21. The maximum absolute atomic E-state index is 12.9. The van der Waals surface area contributed by atoms with E-state index in [2.05, 4.69) is 25.9 Å². The van der Waals surface area contributed by atoms with Gasteiger partial charge in [-0.25, -0.2) is 0 Å². The van der Waals surface area contributed by atoms with E-state index in [9.17, 15) is 4.79 Å². The van der Waals surface area contributed by atoms with Crippen molar-refractivity contribution in [2.45, 2.75) is 45.2 Å². The Morgan fingerprint density at radius 3 is 2.76 bits per heavy atom. The summed E-state index contributed by atoms with van der Waals surface area (Å²) in [5.74, 6) is 4.33. The summed E-state index contributed by atoms with van der Waals surface area (Å²) in [6, 6.07) is -0.0410. The Balaban J connectivity index is 1.51. The Hall–Kier alpha value is -1.91. The number of carbonyl (C=O) groups is 1. The quantitative estimate of drug-likeness (QED) is 0.734. The smallest absolute Gasteiger partial charge is 0.240 e. The number of piperazine rings is 1. The Morgan fingerprint density at radius 1 is 1.28 bits per heavy atom. The SMILES string of the molecule is C#CCN1CCCC[C@@H]1C(=O)N1CCN(Cc2noc(CC)n2)CC1. The van der Waals surface area contributed by atoms with Crippen LogP contribution in [-0.4, -0.2) is 76.1 Å². The predicted molar refractivity (Wildman–Crippen MR) is 93.6 cm³/mol. The molecule has 0 aromatic carbocycles. The normalized spacial score (nSPS) is 22.7. The molecule has 0 spiro atoms. The van der Waals surface area contributed by atoms with Crippen molar-refractivity contribution in [3.8, 4) is 12.3 Å². The van der Waals surface area contributed by atoms with Gasteiger partial charge in [-0.15, -0.1) is 6.42 Å². The lowest BCUT2D eigenvalue weighted by atomic mass is 10.0. The number of nitrogens with zero attached hydrogens (tertiary/aromatic N) is 5. The van der Waals surface area contributed by atoms with E-state index < -0.39 is 0 Å². The first-order chi connectivity index (χ1) is 12.2. The van der Waals surface area contributed by atoms with Crippen LogP contribution >= 0.6 is 0 Å². The number of hydrogen-bond donors (Lipinski definition) is 0. The van der Waals surface area contributed by atoms with Gasteiger partial charge in [0.05, 0.1) is 19.1 Å². The summed E-state index contributed by atoms with van der Waals surface area (Å²) in [5, 5.41) is 4.01. The minimum atomic E-state index is -0.0410. The van der Waals surface area contributed by atoms with Crippen LogP contribution in [-0.2, 0) is 17.8 Å². The molecule has 2 aliphatic rings. The number of carbonyl (C=O) groups excluding carboxylic acids is 1. The first-order valence-electron chi connectivity index (χ1n) is 9.21.